The summed E-state index contributed by atoms with van der Waals surface area (Å²) in [5.41, 5.74) is 0. The van der Waals surface area contributed by atoms with Gasteiger partial charge in [-0.15, -0.1) is 0 Å². The van der Waals surface area contributed by atoms with Crippen LogP contribution in [-0.2, 0) is 4.57 Å². The molecular weight excluding hydrogens is 222 g/mol. The van der Waals surface area contributed by atoms with Crippen LogP contribution in [0.25, 0.3) is 0 Å². The Morgan fingerprint density at radius 3 is 1.94 bits per heavy atom. The second kappa shape index (κ2) is 4.23. The first-order valence-corrected chi connectivity index (χ1v) is 7.15. The van der Waals surface area contributed by atoms with Gasteiger partial charge in [0.25, 0.3) is 0 Å². The molecule has 0 radical (unpaired) electrons. The summed E-state index contributed by atoms with van der Waals surface area (Å²) in [5, 5.41) is 1.47. The van der Waals surface area contributed by atoms with Gasteiger partial charge in [0, 0.05) is 10.6 Å². The van der Waals surface area contributed by atoms with Gasteiger partial charge in [0.1, 0.15) is 13.0 Å². The number of hydrogen-bond acceptors (Lipinski definition) is 1. The fraction of sp³-hybridized carbons (Fsp3) is 0.0769. The second-order valence-corrected chi connectivity index (χ2v) is 6.62. The van der Waals surface area contributed by atoms with E-state index in [1.54, 1.807) is 18.8 Å². The summed E-state index contributed by atoms with van der Waals surface area (Å²) in [6.45, 7) is 1.70. The highest BCUT2D eigenvalue weighted by Gasteiger charge is 2.20. The molecule has 2 aromatic rings. The van der Waals surface area contributed by atoms with Crippen LogP contribution in [0.4, 0.5) is 4.39 Å². The van der Waals surface area contributed by atoms with Gasteiger partial charge < -0.3 is 4.57 Å². The van der Waals surface area contributed by atoms with Crippen molar-refractivity contribution in [1.29, 1.82) is 0 Å². The van der Waals surface area contributed by atoms with E-state index in [9.17, 15) is 8.96 Å². The van der Waals surface area contributed by atoms with Gasteiger partial charge in [0.15, 0.2) is 0 Å². The van der Waals surface area contributed by atoms with Gasteiger partial charge in [0.05, 0.1) is 0 Å². The molecule has 0 saturated heterocycles. The van der Waals surface area contributed by atoms with E-state index in [1.165, 1.54) is 12.1 Å². The Bertz CT molecular complexity index is 519. The van der Waals surface area contributed by atoms with Crippen LogP contribution < -0.4 is 10.6 Å². The van der Waals surface area contributed by atoms with Gasteiger partial charge in [-0.2, -0.15) is 0 Å². The average molecular weight is 234 g/mol. The first-order chi connectivity index (χ1) is 7.60. The fourth-order valence-corrected chi connectivity index (χ4v) is 3.34. The van der Waals surface area contributed by atoms with Crippen LogP contribution in [0.5, 0.6) is 0 Å². The first-order valence-electron chi connectivity index (χ1n) is 5.00. The summed E-state index contributed by atoms with van der Waals surface area (Å²) in [6.07, 6.45) is 0. The van der Waals surface area contributed by atoms with Crippen molar-refractivity contribution in [2.24, 2.45) is 0 Å². The molecule has 0 aliphatic heterocycles. The first kappa shape index (κ1) is 11.1. The molecule has 0 amide bonds. The van der Waals surface area contributed by atoms with Crippen LogP contribution in [-0.4, -0.2) is 6.66 Å². The van der Waals surface area contributed by atoms with Crippen molar-refractivity contribution in [2.45, 2.75) is 0 Å². The largest absolute Gasteiger partial charge is 0.314 e. The van der Waals surface area contributed by atoms with Crippen molar-refractivity contribution < 1.29 is 8.96 Å². The molecule has 1 atom stereocenters. The summed E-state index contributed by atoms with van der Waals surface area (Å²) in [4.78, 5) is 0. The molecule has 0 aliphatic carbocycles. The number of halogens is 1. The summed E-state index contributed by atoms with van der Waals surface area (Å²) in [5.74, 6) is -0.309. The van der Waals surface area contributed by atoms with Crippen LogP contribution in [0.15, 0.2) is 54.6 Å². The zero-order chi connectivity index (χ0) is 11.6. The zero-order valence-corrected chi connectivity index (χ0v) is 9.82. The van der Waals surface area contributed by atoms with Gasteiger partial charge in [-0.1, -0.05) is 30.3 Å². The number of benzene rings is 2. The minimum atomic E-state index is -2.58. The van der Waals surface area contributed by atoms with Crippen LogP contribution in [0.3, 0.4) is 0 Å². The average Bonchev–Trinajstić information content (AvgIpc) is 2.31. The highest BCUT2D eigenvalue weighted by molar-refractivity contribution is 7.78. The smallest absolute Gasteiger partial charge is 0.140 e. The molecule has 0 aliphatic rings. The third-order valence-corrected chi connectivity index (χ3v) is 5.14. The highest BCUT2D eigenvalue weighted by atomic mass is 31.2. The molecule has 0 fully saturated rings. The van der Waals surface area contributed by atoms with Crippen molar-refractivity contribution in [3.63, 3.8) is 0 Å². The van der Waals surface area contributed by atoms with E-state index in [2.05, 4.69) is 0 Å². The molecule has 0 N–H and O–H groups in total. The van der Waals surface area contributed by atoms with Crippen LogP contribution in [0.2, 0.25) is 0 Å². The minimum absolute atomic E-state index is 0.309. The molecule has 3 heteroatoms. The topological polar surface area (TPSA) is 17.1 Å². The van der Waals surface area contributed by atoms with Crippen molar-refractivity contribution in [3.8, 4) is 0 Å². The van der Waals surface area contributed by atoms with E-state index >= 15 is 0 Å². The second-order valence-electron chi connectivity index (χ2n) is 3.74. The maximum absolute atomic E-state index is 12.8. The lowest BCUT2D eigenvalue weighted by atomic mass is 10.3. The van der Waals surface area contributed by atoms with Crippen LogP contribution in [0.1, 0.15) is 0 Å². The molecule has 2 aromatic carbocycles. The Balaban J connectivity index is 2.47. The lowest BCUT2D eigenvalue weighted by molar-refractivity contribution is 0.590. The molecular formula is C13H12FOP. The lowest BCUT2D eigenvalue weighted by Gasteiger charge is -2.13. The maximum Gasteiger partial charge on any atom is 0.140 e. The Kier molecular flexibility index (Phi) is 2.93. The highest BCUT2D eigenvalue weighted by Crippen LogP contribution is 2.38. The molecule has 0 bridgehead atoms. The predicted octanol–water partition coefficient (Wildman–Crippen LogP) is 2.77. The summed E-state index contributed by atoms with van der Waals surface area (Å²) < 4.78 is 25.4. The maximum atomic E-state index is 12.8. The molecule has 0 spiro atoms. The van der Waals surface area contributed by atoms with Crippen molar-refractivity contribution in [2.75, 3.05) is 6.66 Å². The van der Waals surface area contributed by atoms with Gasteiger partial charge in [-0.3, -0.25) is 0 Å². The Labute approximate surface area is 94.3 Å². The standard InChI is InChI=1S/C13H12FOP/c1-16(15,12-5-3-2-4-6-12)13-9-7-11(14)8-10-13/h2-10H,1H3. The van der Waals surface area contributed by atoms with Crippen molar-refractivity contribution in [1.82, 2.24) is 0 Å². The van der Waals surface area contributed by atoms with Gasteiger partial charge >= 0.3 is 0 Å². The Hall–Kier alpha value is -1.40. The van der Waals surface area contributed by atoms with E-state index in [0.717, 1.165) is 5.30 Å². The monoisotopic (exact) mass is 234 g/mol. The van der Waals surface area contributed by atoms with Gasteiger partial charge in [-0.25, -0.2) is 4.39 Å². The van der Waals surface area contributed by atoms with Crippen LogP contribution in [0, 0.1) is 5.82 Å². The van der Waals surface area contributed by atoms with E-state index < -0.39 is 7.14 Å². The third-order valence-electron chi connectivity index (χ3n) is 2.57. The zero-order valence-electron chi connectivity index (χ0n) is 8.93. The van der Waals surface area contributed by atoms with Gasteiger partial charge in [0.2, 0.25) is 0 Å². The molecule has 1 nitrogen and oxygen atoms in total. The molecule has 0 aromatic heterocycles. The Morgan fingerprint density at radius 2 is 1.38 bits per heavy atom. The molecule has 0 heterocycles. The SMILES string of the molecule is CP(=O)(c1ccccc1)c1ccc(F)cc1. The fourth-order valence-electron chi connectivity index (χ4n) is 1.59. The number of rotatable bonds is 2. The van der Waals surface area contributed by atoms with Crippen LogP contribution >= 0.6 is 7.14 Å². The normalized spacial score (nSPS) is 14.4. The molecule has 0 saturated carbocycles. The molecule has 82 valence electrons. The number of hydrogen-bond donors (Lipinski definition) is 0. The summed E-state index contributed by atoms with van der Waals surface area (Å²) >= 11 is 0. The van der Waals surface area contributed by atoms with E-state index in [4.69, 9.17) is 0 Å². The van der Waals surface area contributed by atoms with E-state index in [0.29, 0.717) is 5.30 Å². The molecule has 2 rings (SSSR count). The summed E-state index contributed by atoms with van der Waals surface area (Å²) in [6, 6.07) is 15.1. The van der Waals surface area contributed by atoms with Crippen molar-refractivity contribution >= 4 is 17.8 Å². The third kappa shape index (κ3) is 2.07. The predicted molar refractivity (Wildman–Crippen MR) is 65.6 cm³/mol. The summed E-state index contributed by atoms with van der Waals surface area (Å²) in [7, 11) is -2.58. The van der Waals surface area contributed by atoms with Crippen molar-refractivity contribution in [3.05, 3.63) is 60.4 Å². The van der Waals surface area contributed by atoms with Gasteiger partial charge in [-0.05, 0) is 30.9 Å². The molecule has 1 unspecified atom stereocenters. The van der Waals surface area contributed by atoms with E-state index in [-0.39, 0.29) is 5.82 Å². The Morgan fingerprint density at radius 1 is 0.875 bits per heavy atom. The van der Waals surface area contributed by atoms with E-state index in [1.807, 2.05) is 30.3 Å². The minimum Gasteiger partial charge on any atom is -0.314 e. The quantitative estimate of drug-likeness (QED) is 0.730. The molecule has 16 heavy (non-hydrogen) atoms. The lowest BCUT2D eigenvalue weighted by Crippen LogP contribution is -2.14.